The van der Waals surface area contributed by atoms with Gasteiger partial charge in [-0.1, -0.05) is 6.92 Å². The lowest BCUT2D eigenvalue weighted by molar-refractivity contribution is 0.192. The third kappa shape index (κ3) is 3.34. The van der Waals surface area contributed by atoms with Gasteiger partial charge in [-0.25, -0.2) is 16.8 Å². The minimum absolute atomic E-state index is 0.104. The first-order valence-corrected chi connectivity index (χ1v) is 10.5. The van der Waals surface area contributed by atoms with E-state index in [1.165, 1.54) is 28.6 Å². The van der Waals surface area contributed by atoms with Crippen molar-refractivity contribution in [1.29, 1.82) is 0 Å². The summed E-state index contributed by atoms with van der Waals surface area (Å²) >= 11 is 0. The van der Waals surface area contributed by atoms with E-state index >= 15 is 0 Å². The first-order chi connectivity index (χ1) is 10.2. The van der Waals surface area contributed by atoms with Crippen molar-refractivity contribution < 1.29 is 16.8 Å². The van der Waals surface area contributed by atoms with E-state index in [-0.39, 0.29) is 28.3 Å². The van der Waals surface area contributed by atoms with Gasteiger partial charge in [-0.05, 0) is 43.0 Å². The van der Waals surface area contributed by atoms with Crippen molar-refractivity contribution in [2.45, 2.75) is 35.6 Å². The Morgan fingerprint density at radius 1 is 1.14 bits per heavy atom. The van der Waals surface area contributed by atoms with Crippen LogP contribution in [0.2, 0.25) is 0 Å². The van der Waals surface area contributed by atoms with E-state index in [2.05, 4.69) is 0 Å². The summed E-state index contributed by atoms with van der Waals surface area (Å²) < 4.78 is 49.9. The smallest absolute Gasteiger partial charge is 0.243 e. The van der Waals surface area contributed by atoms with E-state index in [0.717, 1.165) is 19.1 Å². The molecule has 0 saturated carbocycles. The van der Waals surface area contributed by atoms with Gasteiger partial charge in [0.25, 0.3) is 0 Å². The second kappa shape index (κ2) is 6.27. The van der Waals surface area contributed by atoms with Crippen molar-refractivity contribution in [3.05, 3.63) is 24.3 Å². The molecular formula is C14H22N2O4S2. The van der Waals surface area contributed by atoms with Crippen LogP contribution in [-0.2, 0) is 19.9 Å². The average Bonchev–Trinajstić information content (AvgIpc) is 2.46. The van der Waals surface area contributed by atoms with E-state index in [1.54, 1.807) is 0 Å². The quantitative estimate of drug-likeness (QED) is 0.871. The summed E-state index contributed by atoms with van der Waals surface area (Å²) in [5, 5.41) is 0. The zero-order chi connectivity index (χ0) is 16.5. The molecule has 0 amide bonds. The lowest BCUT2D eigenvalue weighted by atomic mass is 9.93. The van der Waals surface area contributed by atoms with Crippen molar-refractivity contribution in [2.24, 2.45) is 11.7 Å². The largest absolute Gasteiger partial charge is 0.329 e. The van der Waals surface area contributed by atoms with Crippen LogP contribution in [0.1, 0.15) is 19.8 Å². The molecule has 1 heterocycles. The Hall–Kier alpha value is -0.960. The molecule has 2 atom stereocenters. The van der Waals surface area contributed by atoms with Gasteiger partial charge in [-0.15, -0.1) is 0 Å². The molecule has 0 bridgehead atoms. The maximum atomic E-state index is 12.8. The van der Waals surface area contributed by atoms with Crippen LogP contribution < -0.4 is 5.73 Å². The Morgan fingerprint density at radius 2 is 1.68 bits per heavy atom. The summed E-state index contributed by atoms with van der Waals surface area (Å²) in [6, 6.07) is 5.13. The summed E-state index contributed by atoms with van der Waals surface area (Å²) in [4.78, 5) is 0.210. The number of nitrogens with two attached hydrogens (primary N) is 1. The highest BCUT2D eigenvalue weighted by Crippen LogP contribution is 2.29. The molecule has 0 unspecified atom stereocenters. The van der Waals surface area contributed by atoms with Gasteiger partial charge in [-0.3, -0.25) is 0 Å². The van der Waals surface area contributed by atoms with Gasteiger partial charge in [0.2, 0.25) is 10.0 Å². The number of hydrogen-bond acceptors (Lipinski definition) is 5. The molecule has 0 aromatic heterocycles. The van der Waals surface area contributed by atoms with E-state index in [4.69, 9.17) is 5.73 Å². The highest BCUT2D eigenvalue weighted by atomic mass is 32.2. The Kier molecular flexibility index (Phi) is 4.96. The lowest BCUT2D eigenvalue weighted by Crippen LogP contribution is -2.51. The van der Waals surface area contributed by atoms with Gasteiger partial charge in [0.05, 0.1) is 9.79 Å². The summed E-state index contributed by atoms with van der Waals surface area (Å²) in [6.07, 6.45) is 2.85. The third-order valence-electron chi connectivity index (χ3n) is 4.16. The number of hydrogen-bond donors (Lipinski definition) is 1. The molecule has 0 radical (unpaired) electrons. The molecule has 2 N–H and O–H groups in total. The van der Waals surface area contributed by atoms with Crippen LogP contribution in [0.15, 0.2) is 34.1 Å². The van der Waals surface area contributed by atoms with Gasteiger partial charge in [0.15, 0.2) is 9.84 Å². The molecule has 1 saturated heterocycles. The molecule has 2 rings (SSSR count). The van der Waals surface area contributed by atoms with Crippen molar-refractivity contribution in [3.8, 4) is 0 Å². The molecule has 0 aliphatic carbocycles. The Balaban J connectivity index is 2.37. The van der Waals surface area contributed by atoms with E-state index in [1.807, 2.05) is 6.92 Å². The van der Waals surface area contributed by atoms with Crippen molar-refractivity contribution in [3.63, 3.8) is 0 Å². The molecular weight excluding hydrogens is 324 g/mol. The number of nitrogens with zero attached hydrogens (tertiary/aromatic N) is 1. The standard InChI is InChI=1S/C14H22N2O4S2/c1-11-4-3-9-16(14(11)10-15)22(19,20)13-7-5-12(6-8-13)21(2,17)18/h5-8,11,14H,3-4,9-10,15H2,1-2H3/t11-,14-/m0/s1. The highest BCUT2D eigenvalue weighted by molar-refractivity contribution is 7.90. The minimum Gasteiger partial charge on any atom is -0.329 e. The molecule has 0 spiro atoms. The van der Waals surface area contributed by atoms with Crippen LogP contribution in [-0.4, -0.2) is 46.5 Å². The second-order valence-corrected chi connectivity index (χ2v) is 9.69. The van der Waals surface area contributed by atoms with Gasteiger partial charge in [0.1, 0.15) is 0 Å². The van der Waals surface area contributed by atoms with E-state index < -0.39 is 19.9 Å². The summed E-state index contributed by atoms with van der Waals surface area (Å²) in [6.45, 7) is 2.73. The van der Waals surface area contributed by atoms with Crippen LogP contribution in [0.25, 0.3) is 0 Å². The van der Waals surface area contributed by atoms with Gasteiger partial charge < -0.3 is 5.73 Å². The number of benzene rings is 1. The molecule has 1 aliphatic rings. The van der Waals surface area contributed by atoms with Crippen molar-refractivity contribution in [1.82, 2.24) is 4.31 Å². The molecule has 6 nitrogen and oxygen atoms in total. The molecule has 8 heteroatoms. The van der Waals surface area contributed by atoms with Crippen LogP contribution >= 0.6 is 0 Å². The molecule has 1 aliphatic heterocycles. The van der Waals surface area contributed by atoms with Crippen molar-refractivity contribution >= 4 is 19.9 Å². The predicted octanol–water partition coefficient (Wildman–Crippen LogP) is 0.838. The number of rotatable bonds is 4. The molecule has 1 aromatic carbocycles. The normalized spacial score (nSPS) is 24.3. The molecule has 1 fully saturated rings. The van der Waals surface area contributed by atoms with Crippen LogP contribution in [0, 0.1) is 5.92 Å². The topological polar surface area (TPSA) is 97.5 Å². The van der Waals surface area contributed by atoms with Crippen LogP contribution in [0.4, 0.5) is 0 Å². The number of sulfonamides is 1. The zero-order valence-electron chi connectivity index (χ0n) is 12.8. The fraction of sp³-hybridized carbons (Fsp3) is 0.571. The molecule has 1 aromatic rings. The fourth-order valence-electron chi connectivity index (χ4n) is 2.85. The first kappa shape index (κ1) is 17.4. The average molecular weight is 346 g/mol. The maximum Gasteiger partial charge on any atom is 0.243 e. The highest BCUT2D eigenvalue weighted by Gasteiger charge is 2.36. The first-order valence-electron chi connectivity index (χ1n) is 7.20. The molecule has 124 valence electrons. The van der Waals surface area contributed by atoms with E-state index in [0.29, 0.717) is 6.54 Å². The summed E-state index contributed by atoms with van der Waals surface area (Å²) in [5.41, 5.74) is 5.75. The lowest BCUT2D eigenvalue weighted by Gasteiger charge is -2.38. The van der Waals surface area contributed by atoms with Gasteiger partial charge in [0, 0.05) is 25.4 Å². The summed E-state index contributed by atoms with van der Waals surface area (Å²) in [7, 11) is -7.00. The zero-order valence-corrected chi connectivity index (χ0v) is 14.4. The molecule has 22 heavy (non-hydrogen) atoms. The predicted molar refractivity (Wildman–Crippen MR) is 84.7 cm³/mol. The Labute approximate surface area is 132 Å². The van der Waals surface area contributed by atoms with Crippen molar-refractivity contribution in [2.75, 3.05) is 19.3 Å². The van der Waals surface area contributed by atoms with Crippen LogP contribution in [0.3, 0.4) is 0 Å². The summed E-state index contributed by atoms with van der Waals surface area (Å²) in [5.74, 6) is 0.212. The second-order valence-electron chi connectivity index (χ2n) is 5.78. The number of piperidine rings is 1. The maximum absolute atomic E-state index is 12.8. The monoisotopic (exact) mass is 346 g/mol. The fourth-order valence-corrected chi connectivity index (χ4v) is 5.25. The minimum atomic E-state index is -3.66. The third-order valence-corrected chi connectivity index (χ3v) is 7.23. The van der Waals surface area contributed by atoms with E-state index in [9.17, 15) is 16.8 Å². The van der Waals surface area contributed by atoms with Gasteiger partial charge >= 0.3 is 0 Å². The Morgan fingerprint density at radius 3 is 2.18 bits per heavy atom. The SMILES string of the molecule is C[C@H]1CCCN(S(=O)(=O)c2ccc(S(C)(=O)=O)cc2)[C@H]1CN. The van der Waals surface area contributed by atoms with Gasteiger partial charge in [-0.2, -0.15) is 4.31 Å². The Bertz CT molecular complexity index is 727. The van der Waals surface area contributed by atoms with Crippen LogP contribution in [0.5, 0.6) is 0 Å². The number of sulfone groups is 1.